The molecule has 66 valence electrons. The van der Waals surface area contributed by atoms with Gasteiger partial charge >= 0.3 is 5.97 Å². The summed E-state index contributed by atoms with van der Waals surface area (Å²) in [6, 6.07) is 0. The van der Waals surface area contributed by atoms with Gasteiger partial charge in [0, 0.05) is 0 Å². The van der Waals surface area contributed by atoms with Crippen LogP contribution in [0.2, 0.25) is 0 Å². The van der Waals surface area contributed by atoms with E-state index in [1.807, 2.05) is 0 Å². The minimum absolute atomic E-state index is 0.109. The summed E-state index contributed by atoms with van der Waals surface area (Å²) in [6.45, 7) is 0.109. The van der Waals surface area contributed by atoms with Crippen LogP contribution in [0.25, 0.3) is 0 Å². The van der Waals surface area contributed by atoms with Crippen molar-refractivity contribution >= 4 is 38.4 Å². The van der Waals surface area contributed by atoms with Crippen molar-refractivity contribution in [2.24, 2.45) is 0 Å². The lowest BCUT2D eigenvalue weighted by atomic mass is 10.7. The predicted octanol–water partition coefficient (Wildman–Crippen LogP) is 0.885. The van der Waals surface area contributed by atoms with Crippen LogP contribution in [0.5, 0.6) is 0 Å². The van der Waals surface area contributed by atoms with Gasteiger partial charge in [-0.2, -0.15) is 0 Å². The molecule has 7 heteroatoms. The minimum atomic E-state index is -0.332. The molecule has 0 atom stereocenters. The highest BCUT2D eigenvalue weighted by molar-refractivity contribution is 9.11. The van der Waals surface area contributed by atoms with Crippen LogP contribution in [0.4, 0.5) is 5.13 Å². The summed E-state index contributed by atoms with van der Waals surface area (Å²) < 4.78 is 5.10. The zero-order valence-electron chi connectivity index (χ0n) is 6.20. The third-order valence-electron chi connectivity index (χ3n) is 1.01. The van der Waals surface area contributed by atoms with Crippen LogP contribution in [0.1, 0.15) is 0 Å². The SMILES string of the molecule is COC(=O)CNc1nnc(Br)s1. The van der Waals surface area contributed by atoms with E-state index in [-0.39, 0.29) is 12.5 Å². The van der Waals surface area contributed by atoms with E-state index in [0.717, 1.165) is 0 Å². The Morgan fingerprint density at radius 2 is 2.50 bits per heavy atom. The summed E-state index contributed by atoms with van der Waals surface area (Å²) in [5.41, 5.74) is 0. The van der Waals surface area contributed by atoms with Gasteiger partial charge in [0.15, 0.2) is 3.92 Å². The van der Waals surface area contributed by atoms with Crippen molar-refractivity contribution in [2.75, 3.05) is 19.0 Å². The summed E-state index contributed by atoms with van der Waals surface area (Å²) in [5.74, 6) is -0.332. The van der Waals surface area contributed by atoms with Crippen LogP contribution in [0, 0.1) is 0 Å². The highest BCUT2D eigenvalue weighted by Gasteiger charge is 2.03. The fourth-order valence-electron chi connectivity index (χ4n) is 0.497. The molecular formula is C5H6BrN3O2S. The highest BCUT2D eigenvalue weighted by Crippen LogP contribution is 2.19. The van der Waals surface area contributed by atoms with Gasteiger partial charge in [-0.1, -0.05) is 11.3 Å². The summed E-state index contributed by atoms with van der Waals surface area (Å²) in [4.78, 5) is 10.7. The lowest BCUT2D eigenvalue weighted by molar-refractivity contribution is -0.138. The van der Waals surface area contributed by atoms with E-state index in [9.17, 15) is 4.79 Å². The highest BCUT2D eigenvalue weighted by atomic mass is 79.9. The smallest absolute Gasteiger partial charge is 0.325 e. The van der Waals surface area contributed by atoms with Crippen molar-refractivity contribution in [1.82, 2.24) is 10.2 Å². The fraction of sp³-hybridized carbons (Fsp3) is 0.400. The largest absolute Gasteiger partial charge is 0.468 e. The molecule has 0 aliphatic rings. The molecule has 1 rings (SSSR count). The van der Waals surface area contributed by atoms with Gasteiger partial charge in [0.05, 0.1) is 7.11 Å². The Labute approximate surface area is 81.3 Å². The molecule has 1 heterocycles. The summed E-state index contributed by atoms with van der Waals surface area (Å²) in [7, 11) is 1.33. The molecule has 0 radical (unpaired) electrons. The Morgan fingerprint density at radius 3 is 3.00 bits per heavy atom. The third kappa shape index (κ3) is 2.74. The van der Waals surface area contributed by atoms with Crippen LogP contribution < -0.4 is 5.32 Å². The lowest BCUT2D eigenvalue weighted by Crippen LogP contribution is -2.14. The van der Waals surface area contributed by atoms with Crippen molar-refractivity contribution in [3.05, 3.63) is 3.92 Å². The topological polar surface area (TPSA) is 64.1 Å². The molecule has 0 fully saturated rings. The molecule has 12 heavy (non-hydrogen) atoms. The number of nitrogens with zero attached hydrogens (tertiary/aromatic N) is 2. The molecule has 0 aliphatic heterocycles. The summed E-state index contributed by atoms with van der Waals surface area (Å²) in [5, 5.41) is 10.8. The first kappa shape index (κ1) is 9.40. The normalized spacial score (nSPS) is 9.50. The van der Waals surface area contributed by atoms with Gasteiger partial charge in [-0.05, 0) is 15.9 Å². The third-order valence-corrected chi connectivity index (χ3v) is 2.33. The van der Waals surface area contributed by atoms with E-state index in [1.165, 1.54) is 18.4 Å². The first-order valence-corrected chi connectivity index (χ1v) is 4.63. The number of halogens is 1. The van der Waals surface area contributed by atoms with Crippen molar-refractivity contribution in [1.29, 1.82) is 0 Å². The zero-order valence-corrected chi connectivity index (χ0v) is 8.61. The maximum atomic E-state index is 10.7. The minimum Gasteiger partial charge on any atom is -0.468 e. The number of carbonyl (C=O) groups is 1. The van der Waals surface area contributed by atoms with Gasteiger partial charge in [-0.25, -0.2) is 0 Å². The molecule has 1 aromatic heterocycles. The van der Waals surface area contributed by atoms with Gasteiger partial charge in [0.1, 0.15) is 6.54 Å². The Balaban J connectivity index is 2.38. The molecule has 0 unspecified atom stereocenters. The number of methoxy groups -OCH3 is 1. The van der Waals surface area contributed by atoms with E-state index >= 15 is 0 Å². The Morgan fingerprint density at radius 1 is 1.75 bits per heavy atom. The number of hydrogen-bond donors (Lipinski definition) is 1. The van der Waals surface area contributed by atoms with Gasteiger partial charge in [-0.15, -0.1) is 10.2 Å². The number of nitrogens with one attached hydrogen (secondary N) is 1. The first-order valence-electron chi connectivity index (χ1n) is 3.02. The van der Waals surface area contributed by atoms with Gasteiger partial charge in [-0.3, -0.25) is 4.79 Å². The Bertz CT molecular complexity index is 277. The predicted molar refractivity (Wildman–Crippen MR) is 48.1 cm³/mol. The van der Waals surface area contributed by atoms with E-state index < -0.39 is 0 Å². The molecule has 0 spiro atoms. The molecular weight excluding hydrogens is 246 g/mol. The maximum Gasteiger partial charge on any atom is 0.325 e. The molecule has 0 amide bonds. The van der Waals surface area contributed by atoms with Crippen LogP contribution >= 0.6 is 27.3 Å². The molecule has 0 aromatic carbocycles. The van der Waals surface area contributed by atoms with Crippen LogP contribution in [-0.2, 0) is 9.53 Å². The monoisotopic (exact) mass is 251 g/mol. The molecule has 1 aromatic rings. The fourth-order valence-corrected chi connectivity index (χ4v) is 1.50. The van der Waals surface area contributed by atoms with E-state index in [1.54, 1.807) is 0 Å². The van der Waals surface area contributed by atoms with Gasteiger partial charge in [0.25, 0.3) is 0 Å². The van der Waals surface area contributed by atoms with E-state index in [2.05, 4.69) is 36.2 Å². The molecule has 0 bridgehead atoms. The van der Waals surface area contributed by atoms with Crippen molar-refractivity contribution in [2.45, 2.75) is 0 Å². The molecule has 0 saturated heterocycles. The van der Waals surface area contributed by atoms with Crippen LogP contribution in [0.3, 0.4) is 0 Å². The maximum absolute atomic E-state index is 10.7. The molecule has 0 aliphatic carbocycles. The van der Waals surface area contributed by atoms with Gasteiger partial charge in [0.2, 0.25) is 5.13 Å². The second-order valence-electron chi connectivity index (χ2n) is 1.79. The second-order valence-corrected chi connectivity index (χ2v) is 4.04. The van der Waals surface area contributed by atoms with Gasteiger partial charge < -0.3 is 10.1 Å². The standard InChI is InChI=1S/C5H6BrN3O2S/c1-11-3(10)2-7-5-9-8-4(6)12-5/h2H2,1H3,(H,7,9). The number of hydrogen-bond acceptors (Lipinski definition) is 6. The van der Waals surface area contributed by atoms with E-state index in [0.29, 0.717) is 9.05 Å². The zero-order chi connectivity index (χ0) is 8.97. The lowest BCUT2D eigenvalue weighted by Gasteiger charge is -1.97. The number of anilines is 1. The van der Waals surface area contributed by atoms with Crippen molar-refractivity contribution in [3.63, 3.8) is 0 Å². The van der Waals surface area contributed by atoms with Crippen LogP contribution in [-0.4, -0.2) is 29.8 Å². The average Bonchev–Trinajstić information content (AvgIpc) is 2.47. The molecule has 0 saturated carbocycles. The first-order chi connectivity index (χ1) is 5.72. The Kier molecular flexibility index (Phi) is 3.42. The number of carbonyl (C=O) groups excluding carboxylic acids is 1. The number of aromatic nitrogens is 2. The number of esters is 1. The van der Waals surface area contributed by atoms with Crippen molar-refractivity contribution in [3.8, 4) is 0 Å². The average molecular weight is 252 g/mol. The summed E-state index contributed by atoms with van der Waals surface area (Å²) in [6.07, 6.45) is 0. The number of rotatable bonds is 3. The number of ether oxygens (including phenoxy) is 1. The van der Waals surface area contributed by atoms with Crippen LogP contribution in [0.15, 0.2) is 3.92 Å². The van der Waals surface area contributed by atoms with E-state index in [4.69, 9.17) is 0 Å². The van der Waals surface area contributed by atoms with Crippen molar-refractivity contribution < 1.29 is 9.53 Å². The summed E-state index contributed by atoms with van der Waals surface area (Å²) >= 11 is 4.46. The molecule has 1 N–H and O–H groups in total. The second kappa shape index (κ2) is 4.36. The Hall–Kier alpha value is -0.690. The quantitative estimate of drug-likeness (QED) is 0.809. The molecule has 5 nitrogen and oxygen atoms in total.